The predicted octanol–water partition coefficient (Wildman–Crippen LogP) is 13.9. The highest BCUT2D eigenvalue weighted by molar-refractivity contribution is 6.27. The summed E-state index contributed by atoms with van der Waals surface area (Å²) < 4.78 is 2.42. The number of nitrogens with zero attached hydrogens (tertiary/aromatic N) is 1. The summed E-state index contributed by atoms with van der Waals surface area (Å²) in [6.07, 6.45) is 0. The van der Waals surface area contributed by atoms with Gasteiger partial charge in [0.25, 0.3) is 0 Å². The third-order valence-corrected chi connectivity index (χ3v) is 11.5. The van der Waals surface area contributed by atoms with Crippen molar-refractivity contribution in [2.24, 2.45) is 0 Å². The topological polar surface area (TPSA) is 4.93 Å². The Morgan fingerprint density at radius 1 is 0.275 bits per heavy atom. The van der Waals surface area contributed by atoms with Gasteiger partial charge in [0.2, 0.25) is 0 Å². The van der Waals surface area contributed by atoms with Gasteiger partial charge in [-0.1, -0.05) is 140 Å². The molecule has 0 spiro atoms. The summed E-state index contributed by atoms with van der Waals surface area (Å²) in [4.78, 5) is 0. The van der Waals surface area contributed by atoms with E-state index in [0.717, 1.165) is 0 Å². The van der Waals surface area contributed by atoms with Gasteiger partial charge in [-0.2, -0.15) is 0 Å². The molecule has 1 aromatic heterocycles. The number of rotatable bonds is 3. The second kappa shape index (κ2) is 9.94. The molecule has 51 heavy (non-hydrogen) atoms. The van der Waals surface area contributed by atoms with Crippen molar-refractivity contribution < 1.29 is 0 Å². The fraction of sp³-hybridized carbons (Fsp3) is 0. The van der Waals surface area contributed by atoms with Crippen LogP contribution in [0.3, 0.4) is 0 Å². The van der Waals surface area contributed by atoms with Crippen LogP contribution in [0.15, 0.2) is 176 Å². The van der Waals surface area contributed by atoms with Crippen molar-refractivity contribution >= 4 is 86.4 Å². The Balaban J connectivity index is 1.13. The zero-order chi connectivity index (χ0) is 33.2. The fourth-order valence-corrected chi connectivity index (χ4v) is 9.19. The van der Waals surface area contributed by atoms with E-state index in [0.29, 0.717) is 0 Å². The van der Waals surface area contributed by atoms with Crippen molar-refractivity contribution in [3.63, 3.8) is 0 Å². The van der Waals surface area contributed by atoms with Gasteiger partial charge in [-0.25, -0.2) is 0 Å². The number of para-hydroxylation sites is 1. The maximum atomic E-state index is 2.43. The average Bonchev–Trinajstić information content (AvgIpc) is 3.52. The van der Waals surface area contributed by atoms with Gasteiger partial charge >= 0.3 is 0 Å². The highest BCUT2D eigenvalue weighted by atomic mass is 15.0. The molecule has 0 radical (unpaired) electrons. The van der Waals surface area contributed by atoms with Gasteiger partial charge < -0.3 is 4.57 Å². The molecule has 12 rings (SSSR count). The van der Waals surface area contributed by atoms with Gasteiger partial charge in [0, 0.05) is 16.5 Å². The van der Waals surface area contributed by atoms with Crippen LogP contribution in [0.25, 0.3) is 114 Å². The van der Waals surface area contributed by atoms with Gasteiger partial charge in [0.1, 0.15) is 0 Å². The van der Waals surface area contributed by atoms with E-state index in [2.05, 4.69) is 180 Å². The first-order valence-corrected chi connectivity index (χ1v) is 17.8. The van der Waals surface area contributed by atoms with Crippen LogP contribution in [0.4, 0.5) is 0 Å². The molecular weight excluding hydrogens is 615 g/mol. The SMILES string of the molecule is c1ccc(-n2c3ccc(-c4ccc5ccc6cccc7ccc4c5c67)cc3c3cc(-c4ccc5ccc6cccc7ccc4c5c67)ccc32)cc1. The summed E-state index contributed by atoms with van der Waals surface area (Å²) in [5.41, 5.74) is 8.61. The molecule has 0 fully saturated rings. The maximum absolute atomic E-state index is 2.43. The van der Waals surface area contributed by atoms with Gasteiger partial charge in [-0.05, 0) is 123 Å². The number of fused-ring (bicyclic) bond motifs is 3. The van der Waals surface area contributed by atoms with Crippen LogP contribution < -0.4 is 0 Å². The Bertz CT molecular complexity index is 3110. The molecule has 1 nitrogen and oxygen atoms in total. The normalized spacial score (nSPS) is 12.3. The van der Waals surface area contributed by atoms with E-state index < -0.39 is 0 Å². The van der Waals surface area contributed by atoms with Crippen LogP contribution in [-0.4, -0.2) is 4.57 Å². The second-order valence-corrected chi connectivity index (χ2v) is 14.1. The minimum atomic E-state index is 1.17. The van der Waals surface area contributed by atoms with E-state index in [1.54, 1.807) is 0 Å². The largest absolute Gasteiger partial charge is 0.309 e. The summed E-state index contributed by atoms with van der Waals surface area (Å²) in [7, 11) is 0. The molecule has 0 amide bonds. The number of benzene rings is 11. The third-order valence-electron chi connectivity index (χ3n) is 11.5. The first-order valence-electron chi connectivity index (χ1n) is 17.8. The molecule has 0 unspecified atom stereocenters. The zero-order valence-electron chi connectivity index (χ0n) is 27.7. The highest BCUT2D eigenvalue weighted by Gasteiger charge is 2.18. The number of hydrogen-bond donors (Lipinski definition) is 0. The van der Waals surface area contributed by atoms with Crippen LogP contribution in [0, 0.1) is 0 Å². The van der Waals surface area contributed by atoms with Crippen LogP contribution in [0.2, 0.25) is 0 Å². The molecule has 0 atom stereocenters. The first-order chi connectivity index (χ1) is 25.3. The predicted molar refractivity (Wildman–Crippen MR) is 219 cm³/mol. The maximum Gasteiger partial charge on any atom is 0.0541 e. The van der Waals surface area contributed by atoms with Crippen molar-refractivity contribution in [1.29, 1.82) is 0 Å². The fourth-order valence-electron chi connectivity index (χ4n) is 9.19. The molecule has 12 aromatic rings. The highest BCUT2D eigenvalue weighted by Crippen LogP contribution is 2.44. The Kier molecular flexibility index (Phi) is 5.29. The Labute approximate surface area is 293 Å². The van der Waals surface area contributed by atoms with E-state index in [1.807, 2.05) is 0 Å². The summed E-state index contributed by atoms with van der Waals surface area (Å²) in [6, 6.07) is 65.7. The molecular formula is C50H29N. The first kappa shape index (κ1) is 27.2. The summed E-state index contributed by atoms with van der Waals surface area (Å²) >= 11 is 0. The van der Waals surface area contributed by atoms with E-state index in [1.165, 1.54) is 114 Å². The van der Waals surface area contributed by atoms with Gasteiger partial charge in [-0.3, -0.25) is 0 Å². The Hall–Kier alpha value is -6.70. The molecule has 0 saturated heterocycles. The number of aromatic nitrogens is 1. The monoisotopic (exact) mass is 643 g/mol. The molecule has 234 valence electrons. The lowest BCUT2D eigenvalue weighted by Gasteiger charge is -2.14. The van der Waals surface area contributed by atoms with E-state index in [-0.39, 0.29) is 0 Å². The van der Waals surface area contributed by atoms with Gasteiger partial charge in [0.15, 0.2) is 0 Å². The average molecular weight is 644 g/mol. The van der Waals surface area contributed by atoms with Gasteiger partial charge in [-0.15, -0.1) is 0 Å². The van der Waals surface area contributed by atoms with Crippen molar-refractivity contribution in [3.05, 3.63) is 176 Å². The van der Waals surface area contributed by atoms with E-state index in [4.69, 9.17) is 0 Å². The number of hydrogen-bond acceptors (Lipinski definition) is 0. The second-order valence-electron chi connectivity index (χ2n) is 14.1. The van der Waals surface area contributed by atoms with E-state index >= 15 is 0 Å². The quantitative estimate of drug-likeness (QED) is 0.169. The van der Waals surface area contributed by atoms with Crippen molar-refractivity contribution in [3.8, 4) is 27.9 Å². The molecule has 0 saturated carbocycles. The van der Waals surface area contributed by atoms with Crippen molar-refractivity contribution in [2.45, 2.75) is 0 Å². The molecule has 1 heteroatoms. The smallest absolute Gasteiger partial charge is 0.0541 e. The van der Waals surface area contributed by atoms with Crippen molar-refractivity contribution in [1.82, 2.24) is 4.57 Å². The lowest BCUT2D eigenvalue weighted by Crippen LogP contribution is -1.93. The van der Waals surface area contributed by atoms with Crippen LogP contribution in [0.5, 0.6) is 0 Å². The van der Waals surface area contributed by atoms with Gasteiger partial charge in [0.05, 0.1) is 11.0 Å². The van der Waals surface area contributed by atoms with E-state index in [9.17, 15) is 0 Å². The zero-order valence-corrected chi connectivity index (χ0v) is 27.7. The summed E-state index contributed by atoms with van der Waals surface area (Å²) in [5, 5.41) is 18.3. The Morgan fingerprint density at radius 3 is 1.16 bits per heavy atom. The minimum absolute atomic E-state index is 1.17. The lowest BCUT2D eigenvalue weighted by molar-refractivity contribution is 1.18. The molecule has 0 aliphatic carbocycles. The molecule has 0 bridgehead atoms. The van der Waals surface area contributed by atoms with Crippen molar-refractivity contribution in [2.75, 3.05) is 0 Å². The third kappa shape index (κ3) is 3.70. The Morgan fingerprint density at radius 2 is 0.686 bits per heavy atom. The standard InChI is InChI=1S/C50H29N/c1-2-10-38(11-3-1)51-45-26-20-36(39-22-16-34-14-12-30-6-4-8-32-18-24-41(39)49(34)47(30)32)28-43(45)44-29-37(21-27-46(44)51)40-23-17-35-15-13-31-7-5-9-33-19-25-42(40)50(35)48(31)33/h1-29H. The van der Waals surface area contributed by atoms with Crippen LogP contribution in [-0.2, 0) is 0 Å². The molecule has 0 N–H and O–H groups in total. The minimum Gasteiger partial charge on any atom is -0.309 e. The molecule has 11 aromatic carbocycles. The summed E-state index contributed by atoms with van der Waals surface area (Å²) in [6.45, 7) is 0. The molecule has 0 aliphatic heterocycles. The molecule has 1 heterocycles. The summed E-state index contributed by atoms with van der Waals surface area (Å²) in [5.74, 6) is 0. The van der Waals surface area contributed by atoms with Crippen LogP contribution >= 0.6 is 0 Å². The van der Waals surface area contributed by atoms with Crippen LogP contribution in [0.1, 0.15) is 0 Å². The molecule has 0 aliphatic rings. The lowest BCUT2D eigenvalue weighted by atomic mass is 9.89.